The van der Waals surface area contributed by atoms with Gasteiger partial charge in [0.1, 0.15) is 24.3 Å². The summed E-state index contributed by atoms with van der Waals surface area (Å²) >= 11 is 0. The second-order valence-electron chi connectivity index (χ2n) is 9.75. The normalized spacial score (nSPS) is 15.0. The van der Waals surface area contributed by atoms with Crippen LogP contribution in [0.4, 0.5) is 0 Å². The molecule has 0 radical (unpaired) electrons. The topological polar surface area (TPSA) is 180 Å². The number of carboxylic acid groups (broad SMARTS) is 1. The number of ether oxygens (including phenoxy) is 2. The highest BCUT2D eigenvalue weighted by Gasteiger charge is 2.20. The highest BCUT2D eigenvalue weighted by molar-refractivity contribution is 6.04. The highest BCUT2D eigenvalue weighted by Crippen LogP contribution is 2.13. The average molecular weight is 604 g/mol. The van der Waals surface area contributed by atoms with Gasteiger partial charge in [0.25, 0.3) is 0 Å². The molecule has 0 aromatic heterocycles. The van der Waals surface area contributed by atoms with E-state index in [0.717, 1.165) is 11.3 Å². The Kier molecular flexibility index (Phi) is 20.4. The molecule has 238 valence electrons. The fraction of sp³-hybridized carbons (Fsp3) is 0.438. The first-order valence-electron chi connectivity index (χ1n) is 13.8. The minimum absolute atomic E-state index is 0.110. The molecule has 5 N–H and O–H groups in total. The number of nitrogens with one attached hydrogen (secondary N) is 1. The van der Waals surface area contributed by atoms with E-state index in [4.69, 9.17) is 24.8 Å². The van der Waals surface area contributed by atoms with Crippen LogP contribution in [0.25, 0.3) is 0 Å². The molecule has 11 nitrogen and oxygen atoms in total. The number of methoxy groups -OCH3 is 1. The molecular formula is C32H45NO10. The molecule has 1 rings (SSSR count). The summed E-state index contributed by atoms with van der Waals surface area (Å²) in [6.07, 6.45) is 11.7. The number of aliphatic hydroxyl groups excluding tert-OH is 3. The lowest BCUT2D eigenvalue weighted by atomic mass is 10.1. The molecule has 0 heterocycles. The van der Waals surface area contributed by atoms with Crippen LogP contribution in [0.5, 0.6) is 5.75 Å². The zero-order chi connectivity index (χ0) is 32.8. The quantitative estimate of drug-likeness (QED) is 0.0769. The first kappa shape index (κ1) is 38.9. The lowest BCUT2D eigenvalue weighted by Crippen LogP contribution is -2.39. The van der Waals surface area contributed by atoms with Gasteiger partial charge in [-0.15, -0.1) is 0 Å². The van der Waals surface area contributed by atoms with E-state index in [0.29, 0.717) is 12.8 Å². The molecule has 0 bridgehead atoms. The number of ketones is 1. The van der Waals surface area contributed by atoms with Gasteiger partial charge in [0.05, 0.1) is 31.8 Å². The molecule has 1 aromatic carbocycles. The number of benzene rings is 1. The Hall–Kier alpha value is -4.06. The molecule has 1 aromatic rings. The fourth-order valence-electron chi connectivity index (χ4n) is 2.93. The van der Waals surface area contributed by atoms with Crippen molar-refractivity contribution < 1.29 is 49.1 Å². The van der Waals surface area contributed by atoms with Crippen molar-refractivity contribution in [3.63, 3.8) is 0 Å². The minimum Gasteiger partial charge on any atom is -0.497 e. The standard InChI is InChI=1S/C19H24O5.C13H21NO5/c1-14(20)7-5-4-6-8-18(21)15(2)19(22)24-13-16-9-11-17(23-3)12-10-16;1-9(15)6-4-3-5-7-11(16)8-12(17)14-10(2)13(18)19/h4-6,8-12,14-15,20H,7,13H2,1-3H3;3-5,7,9-11,15-16H,6,8H2,1-2H3,(H,14,17)(H,18,19)/b5-4+,8-6+;4-3+,7-5+. The number of carboxylic acids is 1. The lowest BCUT2D eigenvalue weighted by Gasteiger charge is -2.10. The summed E-state index contributed by atoms with van der Waals surface area (Å²) in [4.78, 5) is 45.6. The number of rotatable bonds is 17. The minimum atomic E-state index is -1.13. The maximum atomic E-state index is 11.9. The van der Waals surface area contributed by atoms with Crippen molar-refractivity contribution in [1.82, 2.24) is 5.32 Å². The number of carbonyl (C=O) groups is 4. The van der Waals surface area contributed by atoms with Gasteiger partial charge >= 0.3 is 11.9 Å². The molecule has 5 atom stereocenters. The Morgan fingerprint density at radius 3 is 1.93 bits per heavy atom. The smallest absolute Gasteiger partial charge is 0.325 e. The van der Waals surface area contributed by atoms with Gasteiger partial charge < -0.3 is 35.2 Å². The van der Waals surface area contributed by atoms with Crippen LogP contribution in [0.1, 0.15) is 52.5 Å². The van der Waals surface area contributed by atoms with Gasteiger partial charge in [0, 0.05) is 0 Å². The predicted molar refractivity (Wildman–Crippen MR) is 162 cm³/mol. The van der Waals surface area contributed by atoms with Crippen LogP contribution in [-0.4, -0.2) is 75.5 Å². The molecule has 0 fully saturated rings. The number of hydrogen-bond donors (Lipinski definition) is 5. The number of esters is 1. The maximum Gasteiger partial charge on any atom is 0.325 e. The molecule has 0 aliphatic rings. The third kappa shape index (κ3) is 20.5. The summed E-state index contributed by atoms with van der Waals surface area (Å²) in [7, 11) is 1.58. The zero-order valence-corrected chi connectivity index (χ0v) is 25.4. The van der Waals surface area contributed by atoms with Gasteiger partial charge in [-0.25, -0.2) is 0 Å². The molecule has 0 saturated heterocycles. The molecule has 11 heteroatoms. The monoisotopic (exact) mass is 603 g/mol. The van der Waals surface area contributed by atoms with E-state index in [9.17, 15) is 24.3 Å². The van der Waals surface area contributed by atoms with Crippen molar-refractivity contribution in [2.24, 2.45) is 5.92 Å². The van der Waals surface area contributed by atoms with Gasteiger partial charge in [-0.2, -0.15) is 0 Å². The second-order valence-corrected chi connectivity index (χ2v) is 9.75. The third-order valence-electron chi connectivity index (χ3n) is 5.51. The summed E-state index contributed by atoms with van der Waals surface area (Å²) in [5, 5.41) is 38.4. The highest BCUT2D eigenvalue weighted by atomic mass is 16.5. The van der Waals surface area contributed by atoms with Crippen LogP contribution in [0.2, 0.25) is 0 Å². The SMILES string of the molecule is CC(O)C/C=C/C=C/C(O)CC(=O)NC(C)C(=O)O.COc1ccc(COC(=O)C(C)C(=O)/C=C/C=C/CC(C)O)cc1. The van der Waals surface area contributed by atoms with Crippen molar-refractivity contribution in [3.8, 4) is 5.75 Å². The van der Waals surface area contributed by atoms with Gasteiger partial charge in [0.2, 0.25) is 5.91 Å². The number of aliphatic carboxylic acids is 1. The molecule has 43 heavy (non-hydrogen) atoms. The van der Waals surface area contributed by atoms with Crippen molar-refractivity contribution in [2.75, 3.05) is 7.11 Å². The molecule has 0 aliphatic heterocycles. The van der Waals surface area contributed by atoms with E-state index < -0.39 is 48.1 Å². The van der Waals surface area contributed by atoms with E-state index in [1.165, 1.54) is 26.0 Å². The number of allylic oxidation sites excluding steroid dienone is 5. The summed E-state index contributed by atoms with van der Waals surface area (Å²) in [6.45, 7) is 6.32. The summed E-state index contributed by atoms with van der Waals surface area (Å²) < 4.78 is 10.2. The largest absolute Gasteiger partial charge is 0.497 e. The Morgan fingerprint density at radius 1 is 0.860 bits per heavy atom. The Balaban J connectivity index is 0.000000846. The molecule has 0 saturated carbocycles. The zero-order valence-electron chi connectivity index (χ0n) is 25.4. The summed E-state index contributed by atoms with van der Waals surface area (Å²) in [6, 6.07) is 6.17. The predicted octanol–water partition coefficient (Wildman–Crippen LogP) is 3.04. The van der Waals surface area contributed by atoms with Gasteiger partial charge in [-0.3, -0.25) is 19.2 Å². The van der Waals surface area contributed by atoms with E-state index in [1.54, 1.807) is 81.7 Å². The van der Waals surface area contributed by atoms with Crippen molar-refractivity contribution in [1.29, 1.82) is 0 Å². The number of amides is 1. The van der Waals surface area contributed by atoms with Crippen LogP contribution >= 0.6 is 0 Å². The second kappa shape index (κ2) is 22.5. The number of aliphatic hydroxyl groups is 3. The van der Waals surface area contributed by atoms with Crippen LogP contribution in [-0.2, 0) is 30.5 Å². The van der Waals surface area contributed by atoms with Crippen LogP contribution in [0.15, 0.2) is 72.9 Å². The van der Waals surface area contributed by atoms with E-state index >= 15 is 0 Å². The van der Waals surface area contributed by atoms with Crippen molar-refractivity contribution >= 4 is 23.6 Å². The first-order valence-corrected chi connectivity index (χ1v) is 13.8. The molecule has 0 spiro atoms. The lowest BCUT2D eigenvalue weighted by molar-refractivity contribution is -0.151. The maximum absolute atomic E-state index is 11.9. The van der Waals surface area contributed by atoms with Crippen LogP contribution in [0, 0.1) is 5.92 Å². The van der Waals surface area contributed by atoms with E-state index in [2.05, 4.69) is 5.32 Å². The van der Waals surface area contributed by atoms with Crippen molar-refractivity contribution in [2.45, 2.75) is 77.9 Å². The fourth-order valence-corrected chi connectivity index (χ4v) is 2.93. The molecule has 0 aliphatic carbocycles. The first-order chi connectivity index (χ1) is 20.3. The number of carbonyl (C=O) groups excluding carboxylic acids is 3. The molecule has 5 unspecified atom stereocenters. The van der Waals surface area contributed by atoms with Gasteiger partial charge in [-0.1, -0.05) is 54.7 Å². The van der Waals surface area contributed by atoms with E-state index in [-0.39, 0.29) is 18.8 Å². The average Bonchev–Trinajstić information content (AvgIpc) is 2.95. The summed E-state index contributed by atoms with van der Waals surface area (Å²) in [5.41, 5.74) is 0.820. The third-order valence-corrected chi connectivity index (χ3v) is 5.51. The Morgan fingerprint density at radius 2 is 1.42 bits per heavy atom. The molecular weight excluding hydrogens is 558 g/mol. The van der Waals surface area contributed by atoms with Crippen LogP contribution in [0.3, 0.4) is 0 Å². The molecule has 1 amide bonds. The number of hydrogen-bond acceptors (Lipinski definition) is 9. The summed E-state index contributed by atoms with van der Waals surface area (Å²) in [5.74, 6) is -2.67. The van der Waals surface area contributed by atoms with Crippen molar-refractivity contribution in [3.05, 3.63) is 78.4 Å². The van der Waals surface area contributed by atoms with Gasteiger partial charge in [-0.05, 0) is 64.3 Å². The Bertz CT molecular complexity index is 1100. The van der Waals surface area contributed by atoms with E-state index in [1.807, 2.05) is 0 Å². The Labute approximate surface area is 253 Å². The van der Waals surface area contributed by atoms with Crippen LogP contribution < -0.4 is 10.1 Å². The van der Waals surface area contributed by atoms with Gasteiger partial charge in [0.15, 0.2) is 5.78 Å².